The van der Waals surface area contributed by atoms with Gasteiger partial charge < -0.3 is 5.11 Å². The van der Waals surface area contributed by atoms with Gasteiger partial charge >= 0.3 is 5.97 Å². The van der Waals surface area contributed by atoms with Crippen LogP contribution in [0.4, 0.5) is 0 Å². The maximum atomic E-state index is 12.9. The largest absolute Gasteiger partial charge is 0.481 e. The summed E-state index contributed by atoms with van der Waals surface area (Å²) in [7, 11) is -3.93. The van der Waals surface area contributed by atoms with Gasteiger partial charge in [-0.1, -0.05) is 18.5 Å². The Bertz CT molecular complexity index is 866. The molecule has 0 bridgehead atoms. The van der Waals surface area contributed by atoms with E-state index in [1.807, 2.05) is 6.92 Å². The van der Waals surface area contributed by atoms with Crippen molar-refractivity contribution in [1.82, 2.24) is 14.6 Å². The molecule has 1 aromatic heterocycles. The highest BCUT2D eigenvalue weighted by molar-refractivity contribution is 7.89. The zero-order chi connectivity index (χ0) is 16.8. The van der Waals surface area contributed by atoms with Crippen LogP contribution in [-0.2, 0) is 14.8 Å². The quantitative estimate of drug-likeness (QED) is 0.885. The number of nitrogens with zero attached hydrogens (tertiary/aromatic N) is 3. The lowest BCUT2D eigenvalue weighted by Crippen LogP contribution is -2.45. The Morgan fingerprint density at radius 1 is 1.35 bits per heavy atom. The third kappa shape index (κ3) is 2.79. The standard InChI is InChI=1S/C13H14ClN3O5S/c1-7-4-8(13(18)19)6-17(5-7)23(20,21)10-3-2-9(14)11-12(10)16-22-15-11/h2-3,7-8H,4-6H2,1H3,(H,18,19). The molecule has 2 aromatic rings. The number of carboxylic acids is 1. The van der Waals surface area contributed by atoms with E-state index in [9.17, 15) is 18.3 Å². The molecule has 0 spiro atoms. The molecule has 0 aliphatic carbocycles. The van der Waals surface area contributed by atoms with E-state index in [1.54, 1.807) is 0 Å². The number of carboxylic acid groups (broad SMARTS) is 1. The van der Waals surface area contributed by atoms with Crippen molar-refractivity contribution in [2.45, 2.75) is 18.2 Å². The Kier molecular flexibility index (Phi) is 4.03. The average molecular weight is 360 g/mol. The number of rotatable bonds is 3. The fraction of sp³-hybridized carbons (Fsp3) is 0.462. The second-order valence-electron chi connectivity index (χ2n) is 5.71. The van der Waals surface area contributed by atoms with E-state index in [4.69, 9.17) is 11.6 Å². The first kappa shape index (κ1) is 16.2. The predicted molar refractivity (Wildman–Crippen MR) is 80.5 cm³/mol. The molecule has 0 radical (unpaired) electrons. The van der Waals surface area contributed by atoms with E-state index in [0.717, 1.165) is 0 Å². The van der Waals surface area contributed by atoms with Gasteiger partial charge in [-0.2, -0.15) is 4.31 Å². The van der Waals surface area contributed by atoms with Crippen molar-refractivity contribution >= 4 is 38.6 Å². The zero-order valence-corrected chi connectivity index (χ0v) is 13.7. The number of aliphatic carboxylic acids is 1. The van der Waals surface area contributed by atoms with Gasteiger partial charge in [0.2, 0.25) is 10.0 Å². The highest BCUT2D eigenvalue weighted by Crippen LogP contribution is 2.32. The fourth-order valence-corrected chi connectivity index (χ4v) is 4.75. The van der Waals surface area contributed by atoms with Gasteiger partial charge in [-0.15, -0.1) is 0 Å². The molecule has 1 aromatic carbocycles. The summed E-state index contributed by atoms with van der Waals surface area (Å²) in [5.74, 6) is -1.79. The predicted octanol–water partition coefficient (Wildman–Crippen LogP) is 1.61. The van der Waals surface area contributed by atoms with Crippen LogP contribution in [0.3, 0.4) is 0 Å². The Hall–Kier alpha value is -1.71. The molecule has 8 nitrogen and oxygen atoms in total. The topological polar surface area (TPSA) is 114 Å². The number of carbonyl (C=O) groups is 1. The van der Waals surface area contributed by atoms with Gasteiger partial charge in [0.1, 0.15) is 4.90 Å². The lowest BCUT2D eigenvalue weighted by molar-refractivity contribution is -0.143. The normalized spacial score (nSPS) is 23.2. The Morgan fingerprint density at radius 2 is 2.04 bits per heavy atom. The Labute approximate surface area is 137 Å². The monoisotopic (exact) mass is 359 g/mol. The summed E-state index contributed by atoms with van der Waals surface area (Å²) >= 11 is 5.95. The van der Waals surface area contributed by atoms with E-state index >= 15 is 0 Å². The van der Waals surface area contributed by atoms with Crippen molar-refractivity contribution in [1.29, 1.82) is 0 Å². The van der Waals surface area contributed by atoms with Gasteiger partial charge in [-0.05, 0) is 34.8 Å². The van der Waals surface area contributed by atoms with E-state index in [2.05, 4.69) is 14.9 Å². The summed E-state index contributed by atoms with van der Waals surface area (Å²) in [5.41, 5.74) is 0.204. The number of halogens is 1. The van der Waals surface area contributed by atoms with E-state index in [-0.39, 0.29) is 40.0 Å². The second kappa shape index (κ2) is 5.73. The molecule has 2 atom stereocenters. The number of benzene rings is 1. The molecule has 1 fully saturated rings. The second-order valence-corrected chi connectivity index (χ2v) is 8.02. The van der Waals surface area contributed by atoms with Crippen LogP contribution in [0.15, 0.2) is 21.7 Å². The number of hydrogen-bond acceptors (Lipinski definition) is 6. The molecule has 0 amide bonds. The van der Waals surface area contributed by atoms with E-state index in [1.165, 1.54) is 16.4 Å². The first-order chi connectivity index (χ1) is 10.8. The highest BCUT2D eigenvalue weighted by Gasteiger charge is 2.37. The third-order valence-corrected chi connectivity index (χ3v) is 6.09. The van der Waals surface area contributed by atoms with Gasteiger partial charge in [0, 0.05) is 13.1 Å². The van der Waals surface area contributed by atoms with Crippen LogP contribution in [0.25, 0.3) is 11.0 Å². The number of fused-ring (bicyclic) bond motifs is 1. The number of aromatic nitrogens is 2. The molecule has 10 heteroatoms. The molecule has 2 heterocycles. The lowest BCUT2D eigenvalue weighted by Gasteiger charge is -2.33. The minimum atomic E-state index is -3.93. The average Bonchev–Trinajstić information content (AvgIpc) is 2.96. The van der Waals surface area contributed by atoms with Crippen molar-refractivity contribution in [2.24, 2.45) is 11.8 Å². The first-order valence-corrected chi connectivity index (χ1v) is 8.76. The number of piperidine rings is 1. The maximum absolute atomic E-state index is 12.9. The molecule has 1 aliphatic rings. The van der Waals surface area contributed by atoms with Crippen LogP contribution in [0.2, 0.25) is 5.02 Å². The number of hydrogen-bond donors (Lipinski definition) is 1. The third-order valence-electron chi connectivity index (χ3n) is 3.92. The smallest absolute Gasteiger partial charge is 0.307 e. The molecular weight excluding hydrogens is 346 g/mol. The van der Waals surface area contributed by atoms with Gasteiger partial charge in [0.05, 0.1) is 10.9 Å². The van der Waals surface area contributed by atoms with E-state index in [0.29, 0.717) is 6.42 Å². The van der Waals surface area contributed by atoms with Crippen LogP contribution in [0.5, 0.6) is 0 Å². The molecule has 1 saturated heterocycles. The van der Waals surface area contributed by atoms with Crippen molar-refractivity contribution in [2.75, 3.05) is 13.1 Å². The summed E-state index contributed by atoms with van der Waals surface area (Å²) in [6, 6.07) is 2.74. The van der Waals surface area contributed by atoms with Crippen LogP contribution in [0.1, 0.15) is 13.3 Å². The maximum Gasteiger partial charge on any atom is 0.307 e. The minimum absolute atomic E-state index is 0.0441. The SMILES string of the molecule is CC1CC(C(=O)O)CN(S(=O)(=O)c2ccc(Cl)c3nonc23)C1. The molecule has 0 saturated carbocycles. The Balaban J connectivity index is 2.05. The van der Waals surface area contributed by atoms with Crippen LogP contribution < -0.4 is 0 Å². The molecule has 1 N–H and O–H groups in total. The van der Waals surface area contributed by atoms with Crippen LogP contribution in [-0.4, -0.2) is 47.2 Å². The summed E-state index contributed by atoms with van der Waals surface area (Å²) in [6.07, 6.45) is 0.447. The fourth-order valence-electron chi connectivity index (χ4n) is 2.84. The first-order valence-electron chi connectivity index (χ1n) is 6.94. The van der Waals surface area contributed by atoms with Gasteiger partial charge in [0.25, 0.3) is 0 Å². The van der Waals surface area contributed by atoms with Crippen molar-refractivity contribution < 1.29 is 22.9 Å². The molecule has 1 aliphatic heterocycles. The lowest BCUT2D eigenvalue weighted by atomic mass is 9.92. The Morgan fingerprint density at radius 3 is 2.74 bits per heavy atom. The molecular formula is C13H14ClN3O5S. The summed E-state index contributed by atoms with van der Waals surface area (Å²) in [5, 5.41) is 16.7. The minimum Gasteiger partial charge on any atom is -0.481 e. The summed E-state index contributed by atoms with van der Waals surface area (Å²) < 4.78 is 31.6. The van der Waals surface area contributed by atoms with Crippen LogP contribution in [0, 0.1) is 11.8 Å². The van der Waals surface area contributed by atoms with E-state index < -0.39 is 21.9 Å². The number of sulfonamides is 1. The van der Waals surface area contributed by atoms with Crippen molar-refractivity contribution in [3.8, 4) is 0 Å². The van der Waals surface area contributed by atoms with Crippen molar-refractivity contribution in [3.05, 3.63) is 17.2 Å². The van der Waals surface area contributed by atoms with Crippen molar-refractivity contribution in [3.63, 3.8) is 0 Å². The summed E-state index contributed by atoms with van der Waals surface area (Å²) in [6.45, 7) is 2.01. The molecule has 2 unspecified atom stereocenters. The molecule has 124 valence electrons. The van der Waals surface area contributed by atoms with Gasteiger partial charge in [-0.25, -0.2) is 13.0 Å². The van der Waals surface area contributed by atoms with Gasteiger partial charge in [-0.3, -0.25) is 4.79 Å². The molecule has 23 heavy (non-hydrogen) atoms. The zero-order valence-electron chi connectivity index (χ0n) is 12.1. The molecule has 3 rings (SSSR count). The van der Waals surface area contributed by atoms with Crippen LogP contribution >= 0.6 is 11.6 Å². The summed E-state index contributed by atoms with van der Waals surface area (Å²) in [4.78, 5) is 11.2. The highest BCUT2D eigenvalue weighted by atomic mass is 35.5. The van der Waals surface area contributed by atoms with Gasteiger partial charge in [0.15, 0.2) is 11.0 Å².